The summed E-state index contributed by atoms with van der Waals surface area (Å²) in [6.07, 6.45) is -0.617. The van der Waals surface area contributed by atoms with Crippen LogP contribution in [0.1, 0.15) is 6.23 Å². The standard InChI is InChI=1S/C16H16BrN5O3S/c17-8-1-3-9(4-2-8)26-5-10-12(23)13(24)16(25-10)22-7-21-11-14(18)19-6-20-15(11)22/h1-4,6-7,10,12-13,16,23-24H,5H2,(H2,18,19,20)/t10-,12-,13-,16-/m1/s1. The fourth-order valence-electron chi connectivity index (χ4n) is 2.86. The van der Waals surface area contributed by atoms with Crippen molar-refractivity contribution in [3.05, 3.63) is 41.4 Å². The minimum atomic E-state index is -1.10. The van der Waals surface area contributed by atoms with E-state index in [1.807, 2.05) is 24.3 Å². The molecule has 0 saturated carbocycles. The lowest BCUT2D eigenvalue weighted by atomic mass is 10.1. The number of nitrogen functional groups attached to an aromatic ring is 1. The largest absolute Gasteiger partial charge is 0.387 e. The summed E-state index contributed by atoms with van der Waals surface area (Å²) in [6, 6.07) is 7.86. The molecular weight excluding hydrogens is 422 g/mol. The van der Waals surface area contributed by atoms with Crippen LogP contribution in [0.5, 0.6) is 0 Å². The molecule has 1 saturated heterocycles. The zero-order valence-electron chi connectivity index (χ0n) is 13.4. The van der Waals surface area contributed by atoms with Crippen molar-refractivity contribution in [1.82, 2.24) is 19.5 Å². The third-order valence-electron chi connectivity index (χ3n) is 4.23. The van der Waals surface area contributed by atoms with Gasteiger partial charge in [-0.3, -0.25) is 4.57 Å². The summed E-state index contributed by atoms with van der Waals surface area (Å²) >= 11 is 4.95. The van der Waals surface area contributed by atoms with Crippen molar-refractivity contribution in [1.29, 1.82) is 0 Å². The molecule has 0 aliphatic carbocycles. The number of ether oxygens (including phenoxy) is 1. The SMILES string of the molecule is Nc1ncnc2c1ncn2[C@@H]1O[C@H](CSc2ccc(Br)cc2)[C@@H](O)[C@H]1O. The third kappa shape index (κ3) is 3.19. The molecule has 1 aliphatic rings. The predicted octanol–water partition coefficient (Wildman–Crippen LogP) is 1.58. The van der Waals surface area contributed by atoms with E-state index in [0.717, 1.165) is 9.37 Å². The first-order valence-electron chi connectivity index (χ1n) is 7.87. The van der Waals surface area contributed by atoms with Crippen molar-refractivity contribution in [2.75, 3.05) is 11.5 Å². The van der Waals surface area contributed by atoms with Crippen molar-refractivity contribution in [2.24, 2.45) is 0 Å². The van der Waals surface area contributed by atoms with E-state index in [-0.39, 0.29) is 5.82 Å². The van der Waals surface area contributed by atoms with Crippen molar-refractivity contribution >= 4 is 44.7 Å². The number of benzene rings is 1. The van der Waals surface area contributed by atoms with Crippen LogP contribution in [-0.4, -0.2) is 53.8 Å². The van der Waals surface area contributed by atoms with E-state index in [2.05, 4.69) is 30.9 Å². The van der Waals surface area contributed by atoms with Gasteiger partial charge in [-0.25, -0.2) is 15.0 Å². The summed E-state index contributed by atoms with van der Waals surface area (Å²) in [5.41, 5.74) is 6.68. The van der Waals surface area contributed by atoms with Gasteiger partial charge in [-0.2, -0.15) is 0 Å². The molecule has 2 aromatic heterocycles. The maximum absolute atomic E-state index is 10.4. The monoisotopic (exact) mass is 437 g/mol. The number of hydrogen-bond acceptors (Lipinski definition) is 8. The van der Waals surface area contributed by atoms with Crippen LogP contribution in [0.15, 0.2) is 46.3 Å². The highest BCUT2D eigenvalue weighted by atomic mass is 79.9. The lowest BCUT2D eigenvalue weighted by molar-refractivity contribution is -0.0289. The molecular formula is C16H16BrN5O3S. The van der Waals surface area contributed by atoms with Crippen LogP contribution in [0, 0.1) is 0 Å². The fourth-order valence-corrected chi connectivity index (χ4v) is 4.09. The lowest BCUT2D eigenvalue weighted by Gasteiger charge is -2.16. The number of nitrogens with zero attached hydrogens (tertiary/aromatic N) is 4. The van der Waals surface area contributed by atoms with E-state index >= 15 is 0 Å². The first kappa shape index (κ1) is 17.7. The Hall–Kier alpha value is -1.72. The number of aliphatic hydroxyl groups is 2. The van der Waals surface area contributed by atoms with Crippen molar-refractivity contribution in [3.63, 3.8) is 0 Å². The lowest BCUT2D eigenvalue weighted by Crippen LogP contribution is -2.32. The Balaban J connectivity index is 1.52. The Bertz CT molecular complexity index is 922. The van der Waals surface area contributed by atoms with Crippen LogP contribution < -0.4 is 5.73 Å². The van der Waals surface area contributed by atoms with E-state index in [0.29, 0.717) is 16.9 Å². The average Bonchev–Trinajstić information content (AvgIpc) is 3.18. The first-order valence-corrected chi connectivity index (χ1v) is 9.65. The molecule has 4 rings (SSSR count). The van der Waals surface area contributed by atoms with Gasteiger partial charge in [-0.1, -0.05) is 15.9 Å². The highest BCUT2D eigenvalue weighted by Gasteiger charge is 2.44. The molecule has 3 heterocycles. The zero-order chi connectivity index (χ0) is 18.3. The Kier molecular flexibility index (Phi) is 4.84. The number of nitrogens with two attached hydrogens (primary N) is 1. The number of thioether (sulfide) groups is 1. The maximum Gasteiger partial charge on any atom is 0.167 e. The van der Waals surface area contributed by atoms with Gasteiger partial charge in [0.25, 0.3) is 0 Å². The number of rotatable bonds is 4. The molecule has 136 valence electrons. The van der Waals surface area contributed by atoms with Crippen molar-refractivity contribution in [2.45, 2.75) is 29.4 Å². The van der Waals surface area contributed by atoms with Gasteiger partial charge in [0, 0.05) is 15.1 Å². The molecule has 8 nitrogen and oxygen atoms in total. The van der Waals surface area contributed by atoms with Gasteiger partial charge in [0.2, 0.25) is 0 Å². The number of halogens is 1. The number of anilines is 1. The number of imidazole rings is 1. The van der Waals surface area contributed by atoms with Gasteiger partial charge in [0.1, 0.15) is 24.1 Å². The van der Waals surface area contributed by atoms with E-state index in [1.165, 1.54) is 12.7 Å². The normalized spacial score (nSPS) is 25.8. The molecule has 3 aromatic rings. The highest BCUT2D eigenvalue weighted by Crippen LogP contribution is 2.34. The number of aliphatic hydroxyl groups excluding tert-OH is 2. The van der Waals surface area contributed by atoms with Crippen LogP contribution in [0.3, 0.4) is 0 Å². The van der Waals surface area contributed by atoms with Gasteiger partial charge >= 0.3 is 0 Å². The minimum Gasteiger partial charge on any atom is -0.387 e. The van der Waals surface area contributed by atoms with Crippen LogP contribution in [0.25, 0.3) is 11.2 Å². The molecule has 0 bridgehead atoms. The maximum atomic E-state index is 10.4. The smallest absolute Gasteiger partial charge is 0.167 e. The molecule has 1 fully saturated rings. The highest BCUT2D eigenvalue weighted by molar-refractivity contribution is 9.10. The molecule has 0 unspecified atom stereocenters. The molecule has 10 heteroatoms. The Morgan fingerprint density at radius 1 is 1.15 bits per heavy atom. The third-order valence-corrected chi connectivity index (χ3v) is 5.86. The topological polar surface area (TPSA) is 119 Å². The second kappa shape index (κ2) is 7.12. The van der Waals surface area contributed by atoms with Gasteiger partial charge in [0.15, 0.2) is 17.7 Å². The average molecular weight is 438 g/mol. The van der Waals surface area contributed by atoms with Crippen LogP contribution >= 0.6 is 27.7 Å². The number of hydrogen-bond donors (Lipinski definition) is 3. The van der Waals surface area contributed by atoms with Gasteiger partial charge in [-0.05, 0) is 24.3 Å². The Morgan fingerprint density at radius 2 is 1.92 bits per heavy atom. The molecule has 4 N–H and O–H groups in total. The van der Waals surface area contributed by atoms with Gasteiger partial charge in [0.05, 0.1) is 12.4 Å². The first-order chi connectivity index (χ1) is 12.5. The quantitative estimate of drug-likeness (QED) is 0.526. The van der Waals surface area contributed by atoms with Crippen LogP contribution in [-0.2, 0) is 4.74 Å². The van der Waals surface area contributed by atoms with E-state index in [9.17, 15) is 10.2 Å². The molecule has 0 radical (unpaired) electrons. The molecule has 26 heavy (non-hydrogen) atoms. The predicted molar refractivity (Wildman–Crippen MR) is 101 cm³/mol. The van der Waals surface area contributed by atoms with Gasteiger partial charge in [-0.15, -0.1) is 11.8 Å². The second-order valence-electron chi connectivity index (χ2n) is 5.89. The molecule has 1 aromatic carbocycles. The van der Waals surface area contributed by atoms with E-state index in [1.54, 1.807) is 16.3 Å². The summed E-state index contributed by atoms with van der Waals surface area (Å²) in [5.74, 6) is 0.754. The van der Waals surface area contributed by atoms with Crippen LogP contribution in [0.4, 0.5) is 5.82 Å². The van der Waals surface area contributed by atoms with Crippen molar-refractivity contribution in [3.8, 4) is 0 Å². The minimum absolute atomic E-state index is 0.254. The molecule has 4 atom stereocenters. The molecule has 0 spiro atoms. The Morgan fingerprint density at radius 3 is 2.69 bits per heavy atom. The summed E-state index contributed by atoms with van der Waals surface area (Å²) in [5, 5.41) is 20.8. The van der Waals surface area contributed by atoms with Crippen molar-refractivity contribution < 1.29 is 14.9 Å². The number of aromatic nitrogens is 4. The molecule has 0 amide bonds. The summed E-state index contributed by atoms with van der Waals surface area (Å²) in [4.78, 5) is 13.3. The zero-order valence-corrected chi connectivity index (χ0v) is 15.8. The van der Waals surface area contributed by atoms with E-state index in [4.69, 9.17) is 10.5 Å². The van der Waals surface area contributed by atoms with E-state index < -0.39 is 24.5 Å². The number of fused-ring (bicyclic) bond motifs is 1. The summed E-state index contributed by atoms with van der Waals surface area (Å²) < 4.78 is 8.49. The molecule has 1 aliphatic heterocycles. The van der Waals surface area contributed by atoms with Crippen LogP contribution in [0.2, 0.25) is 0 Å². The summed E-state index contributed by atoms with van der Waals surface area (Å²) in [7, 11) is 0. The fraction of sp³-hybridized carbons (Fsp3) is 0.312. The van der Waals surface area contributed by atoms with Gasteiger partial charge < -0.3 is 20.7 Å². The second-order valence-corrected chi connectivity index (χ2v) is 7.90. The summed E-state index contributed by atoms with van der Waals surface area (Å²) in [6.45, 7) is 0. The Labute approximate surface area is 161 Å².